The number of rotatable bonds is 4. The Hall–Kier alpha value is -2.33. The summed E-state index contributed by atoms with van der Waals surface area (Å²) in [6.45, 7) is -0.460. The van der Waals surface area contributed by atoms with E-state index in [4.69, 9.17) is 27.9 Å². The second-order valence-electron chi connectivity index (χ2n) is 5.29. The van der Waals surface area contributed by atoms with Gasteiger partial charge in [-0.15, -0.1) is 0 Å². The first-order chi connectivity index (χ1) is 12.9. The molecular weight excluding hydrogens is 437 g/mol. The Balaban J connectivity index is 2.06. The topological polar surface area (TPSA) is 50.4 Å². The van der Waals surface area contributed by atoms with Crippen LogP contribution in [0, 0.1) is 0 Å². The van der Waals surface area contributed by atoms with Crippen LogP contribution in [0.3, 0.4) is 0 Å². The molecule has 0 aliphatic heterocycles. The number of benzene rings is 2. The van der Waals surface area contributed by atoms with Crippen LogP contribution in [0.2, 0.25) is 10.0 Å². The summed E-state index contributed by atoms with van der Waals surface area (Å²) in [4.78, 5) is 11.7. The standard InChI is InChI=1S/C16H10Cl2F6N2O2/c17-10-1-2-13(12(18)6-10)28-7-25-14(27)26-11-4-8(15(19,20)21)3-9(5-11)16(22,23)24/h1-6H,7H2,(H2,25,26,27). The molecule has 0 aromatic heterocycles. The van der Waals surface area contributed by atoms with Crippen LogP contribution < -0.4 is 15.4 Å². The summed E-state index contributed by atoms with van der Waals surface area (Å²) < 4.78 is 81.9. The van der Waals surface area contributed by atoms with Crippen molar-refractivity contribution < 1.29 is 35.9 Å². The number of halogens is 8. The largest absolute Gasteiger partial charge is 0.472 e. The van der Waals surface area contributed by atoms with E-state index in [1.54, 1.807) is 0 Å². The fraction of sp³-hybridized carbons (Fsp3) is 0.188. The van der Waals surface area contributed by atoms with Crippen molar-refractivity contribution in [1.82, 2.24) is 5.32 Å². The number of carbonyl (C=O) groups excluding carboxylic acids is 1. The Morgan fingerprint density at radius 3 is 2.00 bits per heavy atom. The van der Waals surface area contributed by atoms with Gasteiger partial charge >= 0.3 is 18.4 Å². The van der Waals surface area contributed by atoms with Crippen molar-refractivity contribution in [3.63, 3.8) is 0 Å². The van der Waals surface area contributed by atoms with Gasteiger partial charge in [0.25, 0.3) is 0 Å². The molecule has 0 unspecified atom stereocenters. The van der Waals surface area contributed by atoms with Gasteiger partial charge in [-0.25, -0.2) is 4.79 Å². The summed E-state index contributed by atoms with van der Waals surface area (Å²) >= 11 is 11.5. The molecule has 2 aromatic rings. The lowest BCUT2D eigenvalue weighted by atomic mass is 10.1. The molecule has 2 rings (SSSR count). The number of anilines is 1. The van der Waals surface area contributed by atoms with Crippen LogP contribution in [0.15, 0.2) is 36.4 Å². The molecule has 2 N–H and O–H groups in total. The van der Waals surface area contributed by atoms with E-state index in [0.29, 0.717) is 17.2 Å². The van der Waals surface area contributed by atoms with Crippen molar-refractivity contribution >= 4 is 34.9 Å². The molecular formula is C16H10Cl2F6N2O2. The average Bonchev–Trinajstić information content (AvgIpc) is 2.55. The van der Waals surface area contributed by atoms with Crippen LogP contribution in [-0.4, -0.2) is 12.8 Å². The number of hydrogen-bond donors (Lipinski definition) is 2. The molecule has 0 atom stereocenters. The van der Waals surface area contributed by atoms with Gasteiger partial charge in [0, 0.05) is 10.7 Å². The minimum atomic E-state index is -5.03. The van der Waals surface area contributed by atoms with Gasteiger partial charge in [0.2, 0.25) is 0 Å². The average molecular weight is 447 g/mol. The van der Waals surface area contributed by atoms with Gasteiger partial charge in [-0.2, -0.15) is 26.3 Å². The molecule has 0 fully saturated rings. The van der Waals surface area contributed by atoms with E-state index in [1.807, 2.05) is 5.32 Å². The lowest BCUT2D eigenvalue weighted by Crippen LogP contribution is -2.32. The number of urea groups is 1. The molecule has 0 saturated heterocycles. The number of ether oxygens (including phenoxy) is 1. The maximum atomic E-state index is 12.8. The Morgan fingerprint density at radius 1 is 0.929 bits per heavy atom. The summed E-state index contributed by atoms with van der Waals surface area (Å²) in [6, 6.07) is 3.88. The third-order valence-electron chi connectivity index (χ3n) is 3.20. The molecule has 2 amide bonds. The number of hydrogen-bond acceptors (Lipinski definition) is 2. The molecule has 4 nitrogen and oxygen atoms in total. The molecule has 0 aliphatic rings. The van der Waals surface area contributed by atoms with E-state index < -0.39 is 41.9 Å². The zero-order valence-electron chi connectivity index (χ0n) is 13.5. The minimum Gasteiger partial charge on any atom is -0.472 e. The lowest BCUT2D eigenvalue weighted by Gasteiger charge is -2.15. The van der Waals surface area contributed by atoms with Crippen LogP contribution in [-0.2, 0) is 12.4 Å². The Bertz CT molecular complexity index is 839. The third kappa shape index (κ3) is 6.10. The van der Waals surface area contributed by atoms with E-state index >= 15 is 0 Å². The molecule has 0 bridgehead atoms. The first kappa shape index (κ1) is 22.0. The monoisotopic (exact) mass is 446 g/mol. The Labute approximate surface area is 164 Å². The predicted octanol–water partition coefficient (Wildman–Crippen LogP) is 6.19. The molecule has 28 heavy (non-hydrogen) atoms. The lowest BCUT2D eigenvalue weighted by molar-refractivity contribution is -0.143. The SMILES string of the molecule is O=C(NCOc1ccc(Cl)cc1Cl)Nc1cc(C(F)(F)F)cc(C(F)(F)F)c1. The second kappa shape index (κ2) is 8.36. The van der Waals surface area contributed by atoms with Gasteiger partial charge in [-0.1, -0.05) is 23.2 Å². The van der Waals surface area contributed by atoms with Gasteiger partial charge in [0.05, 0.1) is 16.1 Å². The van der Waals surface area contributed by atoms with E-state index in [2.05, 4.69) is 5.32 Å². The molecule has 2 aromatic carbocycles. The van der Waals surface area contributed by atoms with Crippen LogP contribution in [0.4, 0.5) is 36.8 Å². The maximum Gasteiger partial charge on any atom is 0.416 e. The first-order valence-electron chi connectivity index (χ1n) is 7.28. The third-order valence-corrected chi connectivity index (χ3v) is 3.73. The van der Waals surface area contributed by atoms with Crippen molar-refractivity contribution in [3.05, 3.63) is 57.6 Å². The molecule has 0 aliphatic carbocycles. The molecule has 0 radical (unpaired) electrons. The summed E-state index contributed by atoms with van der Waals surface area (Å²) in [5.41, 5.74) is -3.80. The predicted molar refractivity (Wildman–Crippen MR) is 90.6 cm³/mol. The molecule has 0 spiro atoms. The Kier molecular flexibility index (Phi) is 6.56. The van der Waals surface area contributed by atoms with Gasteiger partial charge < -0.3 is 15.4 Å². The van der Waals surface area contributed by atoms with Crippen molar-refractivity contribution in [1.29, 1.82) is 0 Å². The van der Waals surface area contributed by atoms with Crippen molar-refractivity contribution in [2.45, 2.75) is 12.4 Å². The normalized spacial score (nSPS) is 11.9. The van der Waals surface area contributed by atoms with Gasteiger partial charge in [0.15, 0.2) is 6.73 Å². The van der Waals surface area contributed by atoms with Gasteiger partial charge in [-0.05, 0) is 36.4 Å². The van der Waals surface area contributed by atoms with Crippen LogP contribution in [0.1, 0.15) is 11.1 Å². The van der Waals surface area contributed by atoms with E-state index in [0.717, 1.165) is 0 Å². The van der Waals surface area contributed by atoms with Crippen molar-refractivity contribution in [3.8, 4) is 5.75 Å². The highest BCUT2D eigenvalue weighted by Crippen LogP contribution is 2.37. The highest BCUT2D eigenvalue weighted by Gasteiger charge is 2.37. The number of alkyl halides is 6. The zero-order valence-corrected chi connectivity index (χ0v) is 15.0. The number of amides is 2. The fourth-order valence-corrected chi connectivity index (χ4v) is 2.44. The van der Waals surface area contributed by atoms with E-state index in [1.165, 1.54) is 18.2 Å². The molecule has 0 heterocycles. The number of carbonyl (C=O) groups is 1. The Morgan fingerprint density at radius 2 is 1.50 bits per heavy atom. The van der Waals surface area contributed by atoms with Gasteiger partial charge in [0.1, 0.15) is 5.75 Å². The van der Waals surface area contributed by atoms with E-state index in [9.17, 15) is 31.1 Å². The van der Waals surface area contributed by atoms with Gasteiger partial charge in [-0.3, -0.25) is 0 Å². The first-order valence-corrected chi connectivity index (χ1v) is 8.04. The van der Waals surface area contributed by atoms with Crippen LogP contribution >= 0.6 is 23.2 Å². The highest BCUT2D eigenvalue weighted by molar-refractivity contribution is 6.35. The summed E-state index contributed by atoms with van der Waals surface area (Å²) in [6.07, 6.45) is -10.1. The van der Waals surface area contributed by atoms with Crippen LogP contribution in [0.5, 0.6) is 5.75 Å². The summed E-state index contributed by atoms with van der Waals surface area (Å²) in [5, 5.41) is 4.49. The van der Waals surface area contributed by atoms with Crippen molar-refractivity contribution in [2.75, 3.05) is 12.0 Å². The summed E-state index contributed by atoms with van der Waals surface area (Å²) in [5.74, 6) is 0.157. The maximum absolute atomic E-state index is 12.8. The smallest absolute Gasteiger partial charge is 0.416 e. The zero-order chi connectivity index (χ0) is 21.1. The summed E-state index contributed by atoms with van der Waals surface area (Å²) in [7, 11) is 0. The van der Waals surface area contributed by atoms with E-state index in [-0.39, 0.29) is 16.8 Å². The molecule has 12 heteroatoms. The molecule has 152 valence electrons. The highest BCUT2D eigenvalue weighted by atomic mass is 35.5. The van der Waals surface area contributed by atoms with Crippen LogP contribution in [0.25, 0.3) is 0 Å². The minimum absolute atomic E-state index is 0.0469. The molecule has 0 saturated carbocycles. The second-order valence-corrected chi connectivity index (χ2v) is 6.13. The fourth-order valence-electron chi connectivity index (χ4n) is 1.97. The number of nitrogens with one attached hydrogen (secondary N) is 2. The van der Waals surface area contributed by atoms with Crippen molar-refractivity contribution in [2.24, 2.45) is 0 Å². The quantitative estimate of drug-likeness (QED) is 0.434.